The summed E-state index contributed by atoms with van der Waals surface area (Å²) in [4.78, 5) is 22.8. The number of rotatable bonds is 3. The standard InChI is InChI=1S/C11H10BrFO3/c1-6(14)10(11(15)16-2)8-4-3-7(13)5-9(8)12/h3-5,10H,1-2H3/t10-/m0/s1. The van der Waals surface area contributed by atoms with E-state index in [9.17, 15) is 14.0 Å². The molecule has 1 aromatic carbocycles. The smallest absolute Gasteiger partial charge is 0.320 e. The molecule has 0 bridgehead atoms. The largest absolute Gasteiger partial charge is 0.468 e. The fraction of sp³-hybridized carbons (Fsp3) is 0.273. The van der Waals surface area contributed by atoms with E-state index in [0.717, 1.165) is 0 Å². The first-order valence-electron chi connectivity index (χ1n) is 4.50. The zero-order valence-electron chi connectivity index (χ0n) is 8.79. The van der Waals surface area contributed by atoms with Gasteiger partial charge in [-0.25, -0.2) is 4.39 Å². The summed E-state index contributed by atoms with van der Waals surface area (Å²) in [6.07, 6.45) is 0. The van der Waals surface area contributed by atoms with Gasteiger partial charge in [0, 0.05) is 4.47 Å². The lowest BCUT2D eigenvalue weighted by Gasteiger charge is -2.13. The van der Waals surface area contributed by atoms with Gasteiger partial charge in [0.2, 0.25) is 0 Å². The molecule has 1 atom stereocenters. The van der Waals surface area contributed by atoms with Crippen LogP contribution in [0.25, 0.3) is 0 Å². The quantitative estimate of drug-likeness (QED) is 0.634. The Hall–Kier alpha value is -1.23. The monoisotopic (exact) mass is 288 g/mol. The van der Waals surface area contributed by atoms with Gasteiger partial charge in [-0.15, -0.1) is 0 Å². The van der Waals surface area contributed by atoms with Gasteiger partial charge in [-0.1, -0.05) is 22.0 Å². The third kappa shape index (κ3) is 2.66. The summed E-state index contributed by atoms with van der Waals surface area (Å²) in [6, 6.07) is 3.79. The lowest BCUT2D eigenvalue weighted by Crippen LogP contribution is -2.21. The minimum atomic E-state index is -1.01. The van der Waals surface area contributed by atoms with Crippen molar-refractivity contribution in [2.75, 3.05) is 7.11 Å². The van der Waals surface area contributed by atoms with Crippen LogP contribution in [-0.2, 0) is 14.3 Å². The van der Waals surface area contributed by atoms with Crippen molar-refractivity contribution >= 4 is 27.7 Å². The number of carbonyl (C=O) groups is 2. The second kappa shape index (κ2) is 5.21. The second-order valence-corrected chi connectivity index (χ2v) is 4.09. The average molecular weight is 289 g/mol. The first kappa shape index (κ1) is 12.8. The molecule has 0 aliphatic carbocycles. The lowest BCUT2D eigenvalue weighted by atomic mass is 9.95. The Balaban J connectivity index is 3.21. The van der Waals surface area contributed by atoms with Crippen LogP contribution in [0.15, 0.2) is 22.7 Å². The highest BCUT2D eigenvalue weighted by Crippen LogP contribution is 2.27. The van der Waals surface area contributed by atoms with Crippen LogP contribution in [0.1, 0.15) is 18.4 Å². The number of halogens is 2. The molecule has 3 nitrogen and oxygen atoms in total. The van der Waals surface area contributed by atoms with Crippen molar-refractivity contribution < 1.29 is 18.7 Å². The predicted molar refractivity (Wildman–Crippen MR) is 59.5 cm³/mol. The summed E-state index contributed by atoms with van der Waals surface area (Å²) in [7, 11) is 1.20. The van der Waals surface area contributed by atoms with Crippen LogP contribution in [0, 0.1) is 5.82 Å². The van der Waals surface area contributed by atoms with Gasteiger partial charge in [0.1, 0.15) is 17.5 Å². The van der Waals surface area contributed by atoms with Crippen molar-refractivity contribution in [2.24, 2.45) is 0 Å². The molecule has 0 unspecified atom stereocenters. The number of carbonyl (C=O) groups excluding carboxylic acids is 2. The van der Waals surface area contributed by atoms with E-state index in [2.05, 4.69) is 20.7 Å². The molecule has 0 aliphatic heterocycles. The Morgan fingerprint density at radius 1 is 1.44 bits per heavy atom. The van der Waals surface area contributed by atoms with E-state index in [1.54, 1.807) is 0 Å². The molecule has 0 amide bonds. The van der Waals surface area contributed by atoms with E-state index in [1.807, 2.05) is 0 Å². The first-order valence-corrected chi connectivity index (χ1v) is 5.30. The van der Waals surface area contributed by atoms with Crippen molar-refractivity contribution in [1.82, 2.24) is 0 Å². The molecular formula is C11H10BrFO3. The molecule has 5 heteroatoms. The van der Waals surface area contributed by atoms with E-state index in [4.69, 9.17) is 0 Å². The summed E-state index contributed by atoms with van der Waals surface area (Å²) in [6.45, 7) is 1.29. The Bertz CT molecular complexity index is 431. The van der Waals surface area contributed by atoms with Gasteiger partial charge in [0.15, 0.2) is 0 Å². The van der Waals surface area contributed by atoms with Gasteiger partial charge in [-0.2, -0.15) is 0 Å². The van der Waals surface area contributed by atoms with Gasteiger partial charge >= 0.3 is 5.97 Å². The second-order valence-electron chi connectivity index (χ2n) is 3.23. The molecule has 0 fully saturated rings. The zero-order valence-corrected chi connectivity index (χ0v) is 10.4. The molecule has 0 aromatic heterocycles. The summed E-state index contributed by atoms with van der Waals surface area (Å²) >= 11 is 3.11. The SMILES string of the molecule is COC(=O)[C@@H](C(C)=O)c1ccc(F)cc1Br. The fourth-order valence-corrected chi connectivity index (χ4v) is 1.95. The minimum absolute atomic E-state index is 0.348. The topological polar surface area (TPSA) is 43.4 Å². The van der Waals surface area contributed by atoms with Crippen LogP contribution in [0.4, 0.5) is 4.39 Å². The number of methoxy groups -OCH3 is 1. The third-order valence-corrected chi connectivity index (χ3v) is 2.80. The van der Waals surface area contributed by atoms with Gasteiger partial charge in [0.25, 0.3) is 0 Å². The Morgan fingerprint density at radius 2 is 2.06 bits per heavy atom. The molecule has 0 spiro atoms. The van der Waals surface area contributed by atoms with Crippen molar-refractivity contribution in [2.45, 2.75) is 12.8 Å². The van der Waals surface area contributed by atoms with Crippen molar-refractivity contribution in [3.63, 3.8) is 0 Å². The molecule has 0 radical (unpaired) electrons. The van der Waals surface area contributed by atoms with Crippen LogP contribution in [0.2, 0.25) is 0 Å². The number of benzene rings is 1. The summed E-state index contributed by atoms with van der Waals surface area (Å²) in [5, 5.41) is 0. The van der Waals surface area contributed by atoms with Crippen molar-refractivity contribution in [3.05, 3.63) is 34.1 Å². The van der Waals surface area contributed by atoms with E-state index in [0.29, 0.717) is 10.0 Å². The molecule has 86 valence electrons. The van der Waals surface area contributed by atoms with E-state index in [-0.39, 0.29) is 5.78 Å². The highest BCUT2D eigenvalue weighted by Gasteiger charge is 2.28. The molecule has 0 saturated heterocycles. The lowest BCUT2D eigenvalue weighted by molar-refractivity contribution is -0.145. The van der Waals surface area contributed by atoms with Crippen LogP contribution in [-0.4, -0.2) is 18.9 Å². The van der Waals surface area contributed by atoms with Crippen molar-refractivity contribution in [3.8, 4) is 0 Å². The summed E-state index contributed by atoms with van der Waals surface area (Å²) in [5.41, 5.74) is 0.403. The van der Waals surface area contributed by atoms with E-state index in [1.165, 1.54) is 32.2 Å². The Labute approximate surface area is 101 Å². The van der Waals surface area contributed by atoms with Gasteiger partial charge in [-0.3, -0.25) is 9.59 Å². The maximum absolute atomic E-state index is 12.9. The summed E-state index contributed by atoms with van der Waals surface area (Å²) < 4.78 is 17.8. The van der Waals surface area contributed by atoms with Crippen LogP contribution < -0.4 is 0 Å². The van der Waals surface area contributed by atoms with Gasteiger partial charge < -0.3 is 4.74 Å². The Kier molecular flexibility index (Phi) is 4.18. The maximum atomic E-state index is 12.9. The van der Waals surface area contributed by atoms with Crippen LogP contribution >= 0.6 is 15.9 Å². The molecule has 0 N–H and O–H groups in total. The Morgan fingerprint density at radius 3 is 2.50 bits per heavy atom. The number of hydrogen-bond acceptors (Lipinski definition) is 3. The highest BCUT2D eigenvalue weighted by molar-refractivity contribution is 9.10. The molecule has 16 heavy (non-hydrogen) atoms. The molecule has 0 heterocycles. The molecular weight excluding hydrogens is 279 g/mol. The first-order chi connectivity index (χ1) is 7.47. The molecule has 1 rings (SSSR count). The van der Waals surface area contributed by atoms with Gasteiger partial charge in [-0.05, 0) is 24.6 Å². The number of ether oxygens (including phenoxy) is 1. The fourth-order valence-electron chi connectivity index (χ4n) is 1.37. The number of esters is 1. The minimum Gasteiger partial charge on any atom is -0.468 e. The van der Waals surface area contributed by atoms with Crippen LogP contribution in [0.5, 0.6) is 0 Å². The molecule has 1 aromatic rings. The third-order valence-electron chi connectivity index (χ3n) is 2.12. The number of hydrogen-bond donors (Lipinski definition) is 0. The predicted octanol–water partition coefficient (Wildman–Crippen LogP) is 2.43. The number of Topliss-reactive ketones (excluding diaryl/α,β-unsaturated/α-hetero) is 1. The maximum Gasteiger partial charge on any atom is 0.320 e. The average Bonchev–Trinajstić information content (AvgIpc) is 2.21. The summed E-state index contributed by atoms with van der Waals surface area (Å²) in [5.74, 6) is -2.46. The van der Waals surface area contributed by atoms with Gasteiger partial charge in [0.05, 0.1) is 7.11 Å². The normalized spacial score (nSPS) is 12.0. The zero-order chi connectivity index (χ0) is 12.3. The van der Waals surface area contributed by atoms with Crippen LogP contribution in [0.3, 0.4) is 0 Å². The van der Waals surface area contributed by atoms with E-state index < -0.39 is 17.7 Å². The van der Waals surface area contributed by atoms with Crippen molar-refractivity contribution in [1.29, 1.82) is 0 Å². The number of ketones is 1. The van der Waals surface area contributed by atoms with E-state index >= 15 is 0 Å². The highest BCUT2D eigenvalue weighted by atomic mass is 79.9. The molecule has 0 aliphatic rings. The molecule has 0 saturated carbocycles.